The van der Waals surface area contributed by atoms with Gasteiger partial charge in [0.15, 0.2) is 17.2 Å². The number of hydrogen-bond donors (Lipinski definition) is 1. The van der Waals surface area contributed by atoms with E-state index in [1.54, 1.807) is 31.4 Å². The largest absolute Gasteiger partial charge is 0.493 e. The van der Waals surface area contributed by atoms with Gasteiger partial charge in [0.2, 0.25) is 5.88 Å². The lowest BCUT2D eigenvalue weighted by molar-refractivity contribution is 0.0734. The molecule has 0 spiro atoms. The Bertz CT molecular complexity index is 1810. The van der Waals surface area contributed by atoms with Gasteiger partial charge in [-0.1, -0.05) is 78.5 Å². The van der Waals surface area contributed by atoms with Crippen LogP contribution in [0.2, 0.25) is 10.0 Å². The summed E-state index contributed by atoms with van der Waals surface area (Å²) >= 11 is 12.7. The van der Waals surface area contributed by atoms with Crippen molar-refractivity contribution < 1.29 is 28.5 Å². The first-order valence-electron chi connectivity index (χ1n) is 14.6. The van der Waals surface area contributed by atoms with E-state index < -0.39 is 11.9 Å². The first-order chi connectivity index (χ1) is 22.2. The molecule has 1 atom stereocenters. The molecule has 0 saturated heterocycles. The molecule has 46 heavy (non-hydrogen) atoms. The molecule has 8 nitrogen and oxygen atoms in total. The van der Waals surface area contributed by atoms with Crippen LogP contribution in [0.15, 0.2) is 84.3 Å². The number of unbranched alkanes of at least 4 members (excludes halogenated alkanes) is 1. The van der Waals surface area contributed by atoms with E-state index in [1.165, 1.54) is 17.7 Å². The predicted molar refractivity (Wildman–Crippen MR) is 176 cm³/mol. The SMILES string of the molecule is CCCCOc1c(Cl)cc(C(=O)Oc2ccc3c(c2)OC(N)=C(C#N)C3c2ccc(OCc3ccc(C)cc3)c(OC)c2)cc1Cl. The lowest BCUT2D eigenvalue weighted by atomic mass is 9.83. The lowest BCUT2D eigenvalue weighted by Gasteiger charge is -2.27. The van der Waals surface area contributed by atoms with Crippen molar-refractivity contribution in [1.29, 1.82) is 5.26 Å². The summed E-state index contributed by atoms with van der Waals surface area (Å²) in [6, 6.07) is 23.5. The first-order valence-corrected chi connectivity index (χ1v) is 15.4. The van der Waals surface area contributed by atoms with Crippen LogP contribution >= 0.6 is 23.2 Å². The predicted octanol–water partition coefficient (Wildman–Crippen LogP) is 8.51. The van der Waals surface area contributed by atoms with Crippen LogP contribution in [0.4, 0.5) is 0 Å². The molecule has 0 aromatic heterocycles. The molecule has 0 fully saturated rings. The molecule has 0 bridgehead atoms. The number of nitrogens with two attached hydrogens (primary N) is 1. The van der Waals surface area contributed by atoms with Gasteiger partial charge in [0.05, 0.1) is 35.2 Å². The van der Waals surface area contributed by atoms with Gasteiger partial charge in [0, 0.05) is 11.6 Å². The minimum absolute atomic E-state index is 0.0561. The molecule has 1 unspecified atom stereocenters. The summed E-state index contributed by atoms with van der Waals surface area (Å²) in [7, 11) is 1.55. The molecule has 0 aliphatic carbocycles. The number of carbonyl (C=O) groups excluding carboxylic acids is 1. The Kier molecular flexibility index (Phi) is 10.3. The zero-order chi connectivity index (χ0) is 32.8. The standard InChI is InChI=1S/C36H32Cl2N2O6/c1-4-5-14-43-34-28(37)15-24(16-29(34)38)36(41)45-25-11-12-26-31(18-25)46-35(40)27(19-39)33(26)23-10-13-30(32(17-23)42-3)44-20-22-8-6-21(2)7-9-22/h6-13,15-18,33H,4-5,14,20,40H2,1-3H3. The summed E-state index contributed by atoms with van der Waals surface area (Å²) in [5.41, 5.74) is 10.2. The smallest absolute Gasteiger partial charge is 0.343 e. The van der Waals surface area contributed by atoms with E-state index in [1.807, 2.05) is 50.2 Å². The second-order valence-corrected chi connectivity index (χ2v) is 11.5. The zero-order valence-electron chi connectivity index (χ0n) is 25.6. The van der Waals surface area contributed by atoms with Gasteiger partial charge in [0.25, 0.3) is 0 Å². The highest BCUT2D eigenvalue weighted by Crippen LogP contribution is 2.45. The number of halogens is 2. The van der Waals surface area contributed by atoms with Crippen LogP contribution in [-0.4, -0.2) is 19.7 Å². The third kappa shape index (κ3) is 7.17. The van der Waals surface area contributed by atoms with E-state index in [2.05, 4.69) is 6.07 Å². The maximum Gasteiger partial charge on any atom is 0.343 e. The summed E-state index contributed by atoms with van der Waals surface area (Å²) in [5.74, 6) is 0.597. The summed E-state index contributed by atoms with van der Waals surface area (Å²) in [6.07, 6.45) is 1.80. The summed E-state index contributed by atoms with van der Waals surface area (Å²) in [6.45, 7) is 4.90. The van der Waals surface area contributed by atoms with Crippen molar-refractivity contribution in [2.45, 2.75) is 39.2 Å². The molecule has 0 radical (unpaired) electrons. The van der Waals surface area contributed by atoms with Crippen molar-refractivity contribution in [2.24, 2.45) is 5.73 Å². The van der Waals surface area contributed by atoms with Crippen molar-refractivity contribution in [3.8, 4) is 34.8 Å². The van der Waals surface area contributed by atoms with Crippen LogP contribution in [0.1, 0.15) is 58.3 Å². The first kappa shape index (κ1) is 32.6. The van der Waals surface area contributed by atoms with E-state index >= 15 is 0 Å². The minimum atomic E-state index is -0.677. The molecule has 1 heterocycles. The lowest BCUT2D eigenvalue weighted by Crippen LogP contribution is -2.21. The number of methoxy groups -OCH3 is 1. The maximum absolute atomic E-state index is 13.0. The number of aryl methyl sites for hydroxylation is 1. The molecular formula is C36H32Cl2N2O6. The molecular weight excluding hydrogens is 627 g/mol. The molecule has 2 N–H and O–H groups in total. The molecule has 0 amide bonds. The Hall–Kier alpha value is -4.84. The van der Waals surface area contributed by atoms with E-state index in [9.17, 15) is 10.1 Å². The summed E-state index contributed by atoms with van der Waals surface area (Å²) in [5, 5.41) is 10.4. The van der Waals surface area contributed by atoms with Gasteiger partial charge in [-0.25, -0.2) is 4.79 Å². The van der Waals surface area contributed by atoms with Gasteiger partial charge in [0.1, 0.15) is 29.7 Å². The van der Waals surface area contributed by atoms with Crippen LogP contribution in [0.25, 0.3) is 0 Å². The quantitative estimate of drug-likeness (QED) is 0.0969. The van der Waals surface area contributed by atoms with Crippen LogP contribution < -0.4 is 29.4 Å². The van der Waals surface area contributed by atoms with Crippen molar-refractivity contribution in [3.63, 3.8) is 0 Å². The average Bonchev–Trinajstić information content (AvgIpc) is 3.05. The van der Waals surface area contributed by atoms with Crippen LogP contribution in [-0.2, 0) is 6.61 Å². The third-order valence-corrected chi connectivity index (χ3v) is 7.98. The Morgan fingerprint density at radius 1 is 0.978 bits per heavy atom. The summed E-state index contributed by atoms with van der Waals surface area (Å²) in [4.78, 5) is 13.0. The van der Waals surface area contributed by atoms with Crippen LogP contribution in [0, 0.1) is 18.3 Å². The van der Waals surface area contributed by atoms with Crippen molar-refractivity contribution in [2.75, 3.05) is 13.7 Å². The Morgan fingerprint density at radius 3 is 2.39 bits per heavy atom. The van der Waals surface area contributed by atoms with Gasteiger partial charge in [-0.15, -0.1) is 0 Å². The highest BCUT2D eigenvalue weighted by molar-refractivity contribution is 6.37. The number of rotatable bonds is 11. The maximum atomic E-state index is 13.0. The van der Waals surface area contributed by atoms with E-state index in [0.717, 1.165) is 24.0 Å². The van der Waals surface area contributed by atoms with Crippen molar-refractivity contribution in [3.05, 3.63) is 122 Å². The van der Waals surface area contributed by atoms with E-state index in [0.29, 0.717) is 41.8 Å². The third-order valence-electron chi connectivity index (χ3n) is 7.42. The second kappa shape index (κ2) is 14.5. The number of nitrogens with zero attached hydrogens (tertiary/aromatic N) is 1. The normalized spacial score (nSPS) is 13.7. The number of allylic oxidation sites excluding steroid dienone is 1. The average molecular weight is 660 g/mol. The number of benzene rings is 4. The summed E-state index contributed by atoms with van der Waals surface area (Å²) < 4.78 is 28.8. The van der Waals surface area contributed by atoms with E-state index in [-0.39, 0.29) is 32.8 Å². The fourth-order valence-corrected chi connectivity index (χ4v) is 5.57. The molecule has 4 aromatic rings. The zero-order valence-corrected chi connectivity index (χ0v) is 27.1. The minimum Gasteiger partial charge on any atom is -0.493 e. The van der Waals surface area contributed by atoms with Gasteiger partial charge < -0.3 is 29.4 Å². The number of ether oxygens (including phenoxy) is 5. The number of nitriles is 1. The Morgan fingerprint density at radius 2 is 1.72 bits per heavy atom. The van der Waals surface area contributed by atoms with Gasteiger partial charge in [-0.2, -0.15) is 5.26 Å². The molecule has 0 saturated carbocycles. The molecule has 5 rings (SSSR count). The van der Waals surface area contributed by atoms with Crippen LogP contribution in [0.5, 0.6) is 28.7 Å². The molecule has 236 valence electrons. The number of fused-ring (bicyclic) bond motifs is 1. The van der Waals surface area contributed by atoms with E-state index in [4.69, 9.17) is 52.6 Å². The van der Waals surface area contributed by atoms with Gasteiger partial charge >= 0.3 is 5.97 Å². The highest BCUT2D eigenvalue weighted by Gasteiger charge is 2.32. The van der Waals surface area contributed by atoms with Gasteiger partial charge in [-0.3, -0.25) is 0 Å². The molecule has 1 aliphatic heterocycles. The monoisotopic (exact) mass is 658 g/mol. The fraction of sp³-hybridized carbons (Fsp3) is 0.222. The number of hydrogen-bond acceptors (Lipinski definition) is 8. The van der Waals surface area contributed by atoms with Crippen LogP contribution in [0.3, 0.4) is 0 Å². The van der Waals surface area contributed by atoms with Gasteiger partial charge in [-0.05, 0) is 54.8 Å². The Labute approximate surface area is 277 Å². The van der Waals surface area contributed by atoms with Crippen molar-refractivity contribution in [1.82, 2.24) is 0 Å². The van der Waals surface area contributed by atoms with Crippen molar-refractivity contribution >= 4 is 29.2 Å². The molecule has 10 heteroatoms. The highest BCUT2D eigenvalue weighted by atomic mass is 35.5. The molecule has 4 aromatic carbocycles. The Balaban J connectivity index is 1.38. The number of esters is 1. The molecule has 1 aliphatic rings. The topological polar surface area (TPSA) is 113 Å². The second-order valence-electron chi connectivity index (χ2n) is 10.7. The fourth-order valence-electron chi connectivity index (χ4n) is 4.97. The number of carbonyl (C=O) groups is 1.